The summed E-state index contributed by atoms with van der Waals surface area (Å²) in [6.07, 6.45) is 1.62. The fourth-order valence-electron chi connectivity index (χ4n) is 2.66. The minimum atomic E-state index is -0.298. The van der Waals surface area contributed by atoms with Gasteiger partial charge < -0.3 is 9.47 Å². The summed E-state index contributed by atoms with van der Waals surface area (Å²) in [7, 11) is 1.58. The molecule has 0 unspecified atom stereocenters. The molecule has 0 saturated carbocycles. The van der Waals surface area contributed by atoms with Crippen LogP contribution in [0.2, 0.25) is 0 Å². The van der Waals surface area contributed by atoms with Gasteiger partial charge in [0.1, 0.15) is 18.1 Å². The Labute approximate surface area is 222 Å². The monoisotopic (exact) mass is 752 g/mol. The molecule has 0 fully saturated rings. The van der Waals surface area contributed by atoms with E-state index in [0.29, 0.717) is 17.9 Å². The van der Waals surface area contributed by atoms with E-state index in [1.165, 1.54) is 5.56 Å². The zero-order valence-corrected chi connectivity index (χ0v) is 23.3. The fourth-order valence-corrected chi connectivity index (χ4v) is 5.35. The lowest BCUT2D eigenvalue weighted by atomic mass is 10.2. The third-order valence-corrected chi connectivity index (χ3v) is 6.81. The summed E-state index contributed by atoms with van der Waals surface area (Å²) >= 11 is 6.66. The van der Waals surface area contributed by atoms with Crippen LogP contribution in [0.5, 0.6) is 11.5 Å². The predicted octanol–water partition coefficient (Wildman–Crippen LogP) is 6.16. The van der Waals surface area contributed by atoms with Crippen molar-refractivity contribution in [2.75, 3.05) is 7.11 Å². The number of hydrogen-bond donors (Lipinski definition) is 1. The number of aryl methyl sites for hydroxylation is 1. The second-order valence-corrected chi connectivity index (χ2v) is 10.1. The van der Waals surface area contributed by atoms with Gasteiger partial charge in [0.25, 0.3) is 5.91 Å². The maximum Gasteiger partial charge on any atom is 0.271 e. The fraction of sp³-hybridized carbons (Fsp3) is 0.130. The number of benzene rings is 3. The lowest BCUT2D eigenvalue weighted by Crippen LogP contribution is -2.17. The quantitative estimate of drug-likeness (QED) is 0.179. The van der Waals surface area contributed by atoms with Gasteiger partial charge in [0.05, 0.1) is 24.0 Å². The number of halogens is 3. The van der Waals surface area contributed by atoms with Gasteiger partial charge >= 0.3 is 0 Å². The first-order valence-electron chi connectivity index (χ1n) is 9.21. The molecule has 0 aliphatic carbocycles. The van der Waals surface area contributed by atoms with Crippen LogP contribution in [0, 0.1) is 17.6 Å². The minimum Gasteiger partial charge on any atom is -0.496 e. The van der Waals surface area contributed by atoms with Gasteiger partial charge in [0, 0.05) is 5.56 Å². The minimum absolute atomic E-state index is 0.298. The molecule has 0 aliphatic heterocycles. The summed E-state index contributed by atoms with van der Waals surface area (Å²) in [5, 5.41) is 4.09. The Morgan fingerprint density at radius 1 is 1.00 bits per heavy atom. The highest BCUT2D eigenvalue weighted by molar-refractivity contribution is 14.1. The van der Waals surface area contributed by atoms with Crippen molar-refractivity contribution in [3.8, 4) is 11.5 Å². The zero-order chi connectivity index (χ0) is 22.4. The molecule has 0 spiro atoms. The summed E-state index contributed by atoms with van der Waals surface area (Å²) in [5.41, 5.74) is 6.27. The van der Waals surface area contributed by atoms with Crippen LogP contribution in [-0.2, 0) is 6.61 Å². The lowest BCUT2D eigenvalue weighted by molar-refractivity contribution is 0.0954. The number of carbonyl (C=O) groups excluding carboxylic acids is 1. The van der Waals surface area contributed by atoms with Gasteiger partial charge in [0.2, 0.25) is 0 Å². The van der Waals surface area contributed by atoms with Crippen LogP contribution < -0.4 is 14.9 Å². The normalized spacial score (nSPS) is 10.9. The first-order chi connectivity index (χ1) is 14.9. The maximum atomic E-state index is 12.3. The molecule has 0 aliphatic rings. The van der Waals surface area contributed by atoms with Gasteiger partial charge in [-0.3, -0.25) is 4.79 Å². The van der Waals surface area contributed by atoms with Crippen molar-refractivity contribution in [2.24, 2.45) is 5.10 Å². The number of hydrogen-bond acceptors (Lipinski definition) is 4. The first kappa shape index (κ1) is 24.2. The van der Waals surface area contributed by atoms with Crippen LogP contribution in [0.4, 0.5) is 0 Å². The predicted molar refractivity (Wildman–Crippen MR) is 148 cm³/mol. The molecule has 3 aromatic rings. The van der Waals surface area contributed by atoms with Crippen LogP contribution >= 0.6 is 67.8 Å². The zero-order valence-electron chi connectivity index (χ0n) is 16.8. The average Bonchev–Trinajstić information content (AvgIpc) is 2.74. The molecular weight excluding hydrogens is 733 g/mol. The van der Waals surface area contributed by atoms with E-state index >= 15 is 0 Å². The van der Waals surface area contributed by atoms with Gasteiger partial charge in [0.15, 0.2) is 0 Å². The van der Waals surface area contributed by atoms with Gasteiger partial charge in [-0.25, -0.2) is 5.43 Å². The molecule has 3 rings (SSSR count). The highest BCUT2D eigenvalue weighted by atomic mass is 127. The molecule has 0 saturated heterocycles. The second-order valence-electron chi connectivity index (χ2n) is 6.64. The Hall–Kier alpha value is -1.41. The molecule has 160 valence electrons. The SMILES string of the molecule is COc1cc(C(=O)N/N=C\c2cc(I)c(OCc3ccc(C)cc3)c(I)c2)ccc1I. The maximum absolute atomic E-state index is 12.3. The van der Waals surface area contributed by atoms with Gasteiger partial charge in [-0.1, -0.05) is 29.8 Å². The number of methoxy groups -OCH3 is 1. The van der Waals surface area contributed by atoms with Gasteiger partial charge in [-0.05, 0) is 116 Å². The summed E-state index contributed by atoms with van der Waals surface area (Å²) in [6.45, 7) is 2.58. The van der Waals surface area contributed by atoms with Crippen LogP contribution in [0.25, 0.3) is 0 Å². The number of nitrogens with zero attached hydrogens (tertiary/aromatic N) is 1. The van der Waals surface area contributed by atoms with E-state index in [4.69, 9.17) is 9.47 Å². The van der Waals surface area contributed by atoms with E-state index in [0.717, 1.165) is 27.6 Å². The van der Waals surface area contributed by atoms with Crippen molar-refractivity contribution in [1.29, 1.82) is 0 Å². The van der Waals surface area contributed by atoms with E-state index < -0.39 is 0 Å². The average molecular weight is 752 g/mol. The Morgan fingerprint density at radius 3 is 2.32 bits per heavy atom. The van der Waals surface area contributed by atoms with Crippen LogP contribution in [0.1, 0.15) is 27.0 Å². The molecule has 5 nitrogen and oxygen atoms in total. The molecule has 8 heteroatoms. The van der Waals surface area contributed by atoms with Crippen LogP contribution in [0.15, 0.2) is 59.7 Å². The van der Waals surface area contributed by atoms with E-state index in [-0.39, 0.29) is 5.91 Å². The summed E-state index contributed by atoms with van der Waals surface area (Å²) in [6, 6.07) is 17.5. The largest absolute Gasteiger partial charge is 0.496 e. The van der Waals surface area contributed by atoms with Crippen molar-refractivity contribution >= 4 is 79.9 Å². The third-order valence-electron chi connectivity index (χ3n) is 4.32. The first-order valence-corrected chi connectivity index (χ1v) is 12.5. The summed E-state index contributed by atoms with van der Waals surface area (Å²) in [4.78, 5) is 12.3. The number of ether oxygens (including phenoxy) is 2. The standard InChI is InChI=1S/C23H19I3N2O3/c1-14-3-5-15(6-4-14)13-31-22-19(25)9-16(10-20(22)26)12-27-28-23(29)17-7-8-18(24)21(11-17)30-2/h3-12H,13H2,1-2H3,(H,28,29)/b27-12-. The van der Waals surface area contributed by atoms with Crippen molar-refractivity contribution < 1.29 is 14.3 Å². The van der Waals surface area contributed by atoms with E-state index in [1.807, 2.05) is 18.2 Å². The van der Waals surface area contributed by atoms with E-state index in [1.54, 1.807) is 25.5 Å². The van der Waals surface area contributed by atoms with Crippen molar-refractivity contribution in [3.63, 3.8) is 0 Å². The van der Waals surface area contributed by atoms with Gasteiger partial charge in [-0.2, -0.15) is 5.10 Å². The Kier molecular flexibility index (Phi) is 8.95. The molecule has 0 radical (unpaired) electrons. The van der Waals surface area contributed by atoms with Crippen molar-refractivity contribution in [3.05, 3.63) is 87.6 Å². The molecule has 0 atom stereocenters. The Morgan fingerprint density at radius 2 is 1.68 bits per heavy atom. The summed E-state index contributed by atoms with van der Waals surface area (Å²) in [5.74, 6) is 1.20. The van der Waals surface area contributed by atoms with Crippen LogP contribution in [0.3, 0.4) is 0 Å². The van der Waals surface area contributed by atoms with E-state index in [9.17, 15) is 4.79 Å². The number of amides is 1. The Bertz CT molecular complexity index is 1090. The molecule has 31 heavy (non-hydrogen) atoms. The van der Waals surface area contributed by atoms with Crippen molar-refractivity contribution in [1.82, 2.24) is 5.43 Å². The van der Waals surface area contributed by atoms with E-state index in [2.05, 4.69) is 109 Å². The topological polar surface area (TPSA) is 59.9 Å². The number of carbonyl (C=O) groups is 1. The molecule has 3 aromatic carbocycles. The Balaban J connectivity index is 1.64. The highest BCUT2D eigenvalue weighted by Crippen LogP contribution is 2.29. The van der Waals surface area contributed by atoms with Crippen molar-refractivity contribution in [2.45, 2.75) is 13.5 Å². The number of nitrogens with one attached hydrogen (secondary N) is 1. The molecule has 1 amide bonds. The molecule has 1 N–H and O–H groups in total. The smallest absolute Gasteiger partial charge is 0.271 e. The number of rotatable bonds is 7. The lowest BCUT2D eigenvalue weighted by Gasteiger charge is -2.11. The third kappa shape index (κ3) is 6.78. The highest BCUT2D eigenvalue weighted by Gasteiger charge is 2.10. The second kappa shape index (κ2) is 11.5. The number of hydrazone groups is 1. The van der Waals surface area contributed by atoms with Crippen LogP contribution in [-0.4, -0.2) is 19.2 Å². The molecule has 0 aromatic heterocycles. The van der Waals surface area contributed by atoms with Gasteiger partial charge in [-0.15, -0.1) is 0 Å². The summed E-state index contributed by atoms with van der Waals surface area (Å²) < 4.78 is 14.2. The molecular formula is C23H19I3N2O3. The molecule has 0 bridgehead atoms. The molecule has 0 heterocycles.